The summed E-state index contributed by atoms with van der Waals surface area (Å²) in [6.45, 7) is 6.38. The van der Waals surface area contributed by atoms with Gasteiger partial charge in [-0.2, -0.15) is 0 Å². The summed E-state index contributed by atoms with van der Waals surface area (Å²) in [6.07, 6.45) is 4.68. The van der Waals surface area contributed by atoms with Gasteiger partial charge in [0.1, 0.15) is 0 Å². The molecule has 2 heteroatoms. The lowest BCUT2D eigenvalue weighted by Crippen LogP contribution is -2.14. The van der Waals surface area contributed by atoms with Gasteiger partial charge in [0.05, 0.1) is 5.52 Å². The summed E-state index contributed by atoms with van der Waals surface area (Å²) in [5.41, 5.74) is 6.97. The van der Waals surface area contributed by atoms with Gasteiger partial charge in [-0.25, -0.2) is 0 Å². The van der Waals surface area contributed by atoms with Crippen molar-refractivity contribution in [2.24, 2.45) is 0 Å². The lowest BCUT2D eigenvalue weighted by atomic mass is 9.98. The Balaban J connectivity index is 2.24. The molecule has 2 nitrogen and oxygen atoms in total. The number of aromatic nitrogens is 1. The van der Waals surface area contributed by atoms with Gasteiger partial charge in [-0.15, -0.1) is 0 Å². The summed E-state index contributed by atoms with van der Waals surface area (Å²) < 4.78 is 0. The van der Waals surface area contributed by atoms with E-state index in [4.69, 9.17) is 4.98 Å². The molecule has 0 saturated carbocycles. The molecule has 19 heavy (non-hydrogen) atoms. The topological polar surface area (TPSA) is 24.9 Å². The Morgan fingerprint density at radius 3 is 2.89 bits per heavy atom. The van der Waals surface area contributed by atoms with Gasteiger partial charge in [-0.05, 0) is 48.9 Å². The van der Waals surface area contributed by atoms with Crippen LogP contribution in [0.1, 0.15) is 42.7 Å². The van der Waals surface area contributed by atoms with Crippen LogP contribution in [0.15, 0.2) is 18.2 Å². The third kappa shape index (κ3) is 2.14. The average molecular weight is 254 g/mol. The van der Waals surface area contributed by atoms with E-state index in [1.54, 1.807) is 0 Å². The molecule has 0 atom stereocenters. The van der Waals surface area contributed by atoms with Gasteiger partial charge in [-0.1, -0.05) is 32.0 Å². The summed E-state index contributed by atoms with van der Waals surface area (Å²) in [6, 6.07) is 6.64. The Hall–Kier alpha value is -1.41. The van der Waals surface area contributed by atoms with E-state index >= 15 is 0 Å². The van der Waals surface area contributed by atoms with Crippen LogP contribution in [0, 0.1) is 0 Å². The Bertz CT molecular complexity index is 602. The van der Waals surface area contributed by atoms with E-state index in [0.29, 0.717) is 0 Å². The van der Waals surface area contributed by atoms with Crippen molar-refractivity contribution < 1.29 is 0 Å². The number of hydrogen-bond acceptors (Lipinski definition) is 2. The van der Waals surface area contributed by atoms with Gasteiger partial charge in [0.15, 0.2) is 0 Å². The standard InChI is InChI=1S/C17H22N2/c1-3-12-7-5-9-14-15(11-18-4-2)13-8-6-10-16(13)19-17(12)14/h5,7,9,18H,3-4,6,8,10-11H2,1-2H3. The van der Waals surface area contributed by atoms with E-state index in [9.17, 15) is 0 Å². The van der Waals surface area contributed by atoms with Gasteiger partial charge in [0.25, 0.3) is 0 Å². The van der Waals surface area contributed by atoms with Crippen LogP contribution in [0.5, 0.6) is 0 Å². The third-order valence-electron chi connectivity index (χ3n) is 4.18. The predicted octanol–water partition coefficient (Wildman–Crippen LogP) is 3.40. The van der Waals surface area contributed by atoms with Crippen molar-refractivity contribution in [2.75, 3.05) is 6.54 Å². The van der Waals surface area contributed by atoms with E-state index in [-0.39, 0.29) is 0 Å². The van der Waals surface area contributed by atoms with Crippen molar-refractivity contribution in [3.05, 3.63) is 40.6 Å². The van der Waals surface area contributed by atoms with Crippen molar-refractivity contribution in [2.45, 2.75) is 46.1 Å². The summed E-state index contributed by atoms with van der Waals surface area (Å²) in [7, 11) is 0. The number of pyridine rings is 1. The first kappa shape index (κ1) is 12.6. The smallest absolute Gasteiger partial charge is 0.0740 e. The first-order chi connectivity index (χ1) is 9.35. The minimum Gasteiger partial charge on any atom is -0.313 e. The molecule has 100 valence electrons. The van der Waals surface area contributed by atoms with E-state index in [1.165, 1.54) is 46.1 Å². The molecule has 1 heterocycles. The Kier molecular flexibility index (Phi) is 3.52. The number of benzene rings is 1. The molecule has 0 amide bonds. The number of para-hydroxylation sites is 1. The Morgan fingerprint density at radius 2 is 2.11 bits per heavy atom. The molecule has 1 aliphatic rings. The molecular weight excluding hydrogens is 232 g/mol. The fourth-order valence-corrected chi connectivity index (χ4v) is 3.18. The van der Waals surface area contributed by atoms with Crippen LogP contribution in [-0.4, -0.2) is 11.5 Å². The lowest BCUT2D eigenvalue weighted by molar-refractivity contribution is 0.724. The summed E-state index contributed by atoms with van der Waals surface area (Å²) >= 11 is 0. The molecule has 1 aromatic heterocycles. The van der Waals surface area contributed by atoms with Crippen LogP contribution < -0.4 is 5.32 Å². The number of hydrogen-bond donors (Lipinski definition) is 1. The van der Waals surface area contributed by atoms with E-state index in [1.807, 2.05) is 0 Å². The number of nitrogens with zero attached hydrogens (tertiary/aromatic N) is 1. The molecule has 0 fully saturated rings. The van der Waals surface area contributed by atoms with Crippen molar-refractivity contribution >= 4 is 10.9 Å². The van der Waals surface area contributed by atoms with Gasteiger partial charge in [0, 0.05) is 17.6 Å². The van der Waals surface area contributed by atoms with Crippen LogP contribution in [0.25, 0.3) is 10.9 Å². The summed E-state index contributed by atoms with van der Waals surface area (Å²) in [5.74, 6) is 0. The molecule has 0 bridgehead atoms. The van der Waals surface area contributed by atoms with E-state index < -0.39 is 0 Å². The fraction of sp³-hybridized carbons (Fsp3) is 0.471. The average Bonchev–Trinajstić information content (AvgIpc) is 2.91. The summed E-state index contributed by atoms with van der Waals surface area (Å²) in [4.78, 5) is 4.97. The molecule has 1 aromatic carbocycles. The largest absolute Gasteiger partial charge is 0.313 e. The van der Waals surface area contributed by atoms with Gasteiger partial charge < -0.3 is 5.32 Å². The number of rotatable bonds is 4. The van der Waals surface area contributed by atoms with Crippen LogP contribution in [0.4, 0.5) is 0 Å². The van der Waals surface area contributed by atoms with E-state index in [2.05, 4.69) is 37.4 Å². The molecule has 2 aromatic rings. The molecule has 0 aliphatic heterocycles. The fourth-order valence-electron chi connectivity index (χ4n) is 3.18. The second-order valence-electron chi connectivity index (χ2n) is 5.32. The lowest BCUT2D eigenvalue weighted by Gasteiger charge is -2.14. The van der Waals surface area contributed by atoms with Crippen molar-refractivity contribution in [3.63, 3.8) is 0 Å². The zero-order valence-corrected chi connectivity index (χ0v) is 11.9. The van der Waals surface area contributed by atoms with Gasteiger partial charge in [0.2, 0.25) is 0 Å². The maximum atomic E-state index is 4.97. The maximum Gasteiger partial charge on any atom is 0.0740 e. The molecule has 0 saturated heterocycles. The second-order valence-corrected chi connectivity index (χ2v) is 5.32. The second kappa shape index (κ2) is 5.30. The SMILES string of the molecule is CCNCc1c2c(nc3c(CC)cccc13)CCC2. The molecule has 1 N–H and O–H groups in total. The number of fused-ring (bicyclic) bond motifs is 2. The highest BCUT2D eigenvalue weighted by Crippen LogP contribution is 2.31. The molecule has 0 spiro atoms. The monoisotopic (exact) mass is 254 g/mol. The first-order valence-electron chi connectivity index (χ1n) is 7.48. The molecule has 1 aliphatic carbocycles. The maximum absolute atomic E-state index is 4.97. The predicted molar refractivity (Wildman–Crippen MR) is 80.5 cm³/mol. The van der Waals surface area contributed by atoms with Crippen LogP contribution in [-0.2, 0) is 25.8 Å². The molecule has 3 rings (SSSR count). The van der Waals surface area contributed by atoms with Crippen molar-refractivity contribution in [3.8, 4) is 0 Å². The number of nitrogens with one attached hydrogen (secondary N) is 1. The van der Waals surface area contributed by atoms with Crippen LogP contribution in [0.3, 0.4) is 0 Å². The van der Waals surface area contributed by atoms with Gasteiger partial charge in [-0.3, -0.25) is 4.98 Å². The van der Waals surface area contributed by atoms with E-state index in [0.717, 1.165) is 25.9 Å². The molecular formula is C17H22N2. The van der Waals surface area contributed by atoms with Crippen LogP contribution in [0.2, 0.25) is 0 Å². The highest BCUT2D eigenvalue weighted by Gasteiger charge is 2.19. The van der Waals surface area contributed by atoms with Crippen molar-refractivity contribution in [1.82, 2.24) is 10.3 Å². The summed E-state index contributed by atoms with van der Waals surface area (Å²) in [5, 5.41) is 4.86. The van der Waals surface area contributed by atoms with Crippen LogP contribution >= 0.6 is 0 Å². The zero-order valence-electron chi connectivity index (χ0n) is 11.9. The molecule has 0 radical (unpaired) electrons. The first-order valence-corrected chi connectivity index (χ1v) is 7.48. The van der Waals surface area contributed by atoms with Gasteiger partial charge >= 0.3 is 0 Å². The highest BCUT2D eigenvalue weighted by molar-refractivity contribution is 5.86. The van der Waals surface area contributed by atoms with Crippen molar-refractivity contribution in [1.29, 1.82) is 0 Å². The Labute approximate surface area is 115 Å². The highest BCUT2D eigenvalue weighted by atomic mass is 14.8. The molecule has 0 unspecified atom stereocenters. The normalized spacial score (nSPS) is 14.0. The number of aryl methyl sites for hydroxylation is 2. The minimum absolute atomic E-state index is 0.977. The quantitative estimate of drug-likeness (QED) is 0.904. The Morgan fingerprint density at radius 1 is 1.21 bits per heavy atom. The zero-order chi connectivity index (χ0) is 13.2. The third-order valence-corrected chi connectivity index (χ3v) is 4.18. The minimum atomic E-state index is 0.977.